The van der Waals surface area contributed by atoms with Gasteiger partial charge in [-0.3, -0.25) is 9.59 Å². The van der Waals surface area contributed by atoms with Crippen LogP contribution in [0.1, 0.15) is 47.5 Å². The first-order chi connectivity index (χ1) is 10.0. The third-order valence-electron chi connectivity index (χ3n) is 3.37. The highest BCUT2D eigenvalue weighted by atomic mass is 16.5. The van der Waals surface area contributed by atoms with Gasteiger partial charge in [-0.2, -0.15) is 0 Å². The Morgan fingerprint density at radius 1 is 0.905 bits per heavy atom. The van der Waals surface area contributed by atoms with Gasteiger partial charge in [0.25, 0.3) is 0 Å². The van der Waals surface area contributed by atoms with E-state index in [0.717, 1.165) is 26.2 Å². The number of ether oxygens (including phenoxy) is 1. The maximum absolute atomic E-state index is 11.4. The van der Waals surface area contributed by atoms with Gasteiger partial charge in [-0.05, 0) is 12.8 Å². The van der Waals surface area contributed by atoms with Gasteiger partial charge in [-0.15, -0.1) is 0 Å². The van der Waals surface area contributed by atoms with Crippen molar-refractivity contribution >= 4 is 11.8 Å². The van der Waals surface area contributed by atoms with Crippen LogP contribution in [0.25, 0.3) is 0 Å². The summed E-state index contributed by atoms with van der Waals surface area (Å²) >= 11 is 0. The van der Waals surface area contributed by atoms with E-state index in [9.17, 15) is 9.59 Å². The van der Waals surface area contributed by atoms with E-state index in [4.69, 9.17) is 4.74 Å². The summed E-state index contributed by atoms with van der Waals surface area (Å²) in [6.07, 6.45) is 2.39. The molecule has 0 bridgehead atoms. The molecule has 0 radical (unpaired) electrons. The molecule has 0 aliphatic carbocycles. The van der Waals surface area contributed by atoms with Crippen LogP contribution in [0.4, 0.5) is 0 Å². The smallest absolute Gasteiger partial charge is 0.225 e. The lowest BCUT2D eigenvalue weighted by atomic mass is 10.2. The van der Waals surface area contributed by atoms with Gasteiger partial charge < -0.3 is 14.5 Å². The van der Waals surface area contributed by atoms with E-state index in [1.807, 2.05) is 37.5 Å². The Bertz CT molecular complexity index is 294. The van der Waals surface area contributed by atoms with E-state index in [1.54, 1.807) is 6.92 Å². The molecular formula is C16H32N2O3. The number of amides is 2. The molecule has 0 aromatic heterocycles. The Balaban J connectivity index is 0.000000354. The van der Waals surface area contributed by atoms with Crippen LogP contribution in [-0.4, -0.2) is 61.0 Å². The Morgan fingerprint density at radius 2 is 1.38 bits per heavy atom. The van der Waals surface area contributed by atoms with Crippen molar-refractivity contribution in [3.05, 3.63) is 0 Å². The minimum Gasteiger partial charge on any atom is -0.378 e. The first-order valence-corrected chi connectivity index (χ1v) is 8.14. The number of likely N-dealkylation sites (tertiary alicyclic amines) is 1. The van der Waals surface area contributed by atoms with Crippen molar-refractivity contribution in [2.75, 3.05) is 39.4 Å². The molecule has 5 nitrogen and oxygen atoms in total. The molecular weight excluding hydrogens is 268 g/mol. The van der Waals surface area contributed by atoms with E-state index < -0.39 is 0 Å². The fourth-order valence-electron chi connectivity index (χ4n) is 2.18. The number of carbonyl (C=O) groups excluding carboxylic acids is 2. The van der Waals surface area contributed by atoms with Crippen LogP contribution >= 0.6 is 0 Å². The van der Waals surface area contributed by atoms with Gasteiger partial charge in [0.2, 0.25) is 11.8 Å². The maximum atomic E-state index is 11.4. The van der Waals surface area contributed by atoms with E-state index >= 15 is 0 Å². The molecule has 0 unspecified atom stereocenters. The zero-order valence-electron chi connectivity index (χ0n) is 14.4. The number of morpholine rings is 1. The molecule has 0 aromatic carbocycles. The predicted molar refractivity (Wildman–Crippen MR) is 85.1 cm³/mol. The lowest BCUT2D eigenvalue weighted by molar-refractivity contribution is -0.138. The third-order valence-corrected chi connectivity index (χ3v) is 3.37. The second-order valence-corrected chi connectivity index (χ2v) is 5.31. The number of nitrogens with zero attached hydrogens (tertiary/aromatic N) is 2. The van der Waals surface area contributed by atoms with Gasteiger partial charge in [0.1, 0.15) is 0 Å². The van der Waals surface area contributed by atoms with E-state index in [0.29, 0.717) is 13.2 Å². The average molecular weight is 300 g/mol. The number of rotatable bonds is 1. The number of carbonyl (C=O) groups is 2. The monoisotopic (exact) mass is 300 g/mol. The van der Waals surface area contributed by atoms with Crippen LogP contribution in [0.3, 0.4) is 0 Å². The highest BCUT2D eigenvalue weighted by molar-refractivity contribution is 5.78. The molecule has 0 N–H and O–H groups in total. The summed E-state index contributed by atoms with van der Waals surface area (Å²) in [5.74, 6) is 0.587. The largest absolute Gasteiger partial charge is 0.378 e. The molecule has 21 heavy (non-hydrogen) atoms. The zero-order chi connectivity index (χ0) is 16.3. The Morgan fingerprint density at radius 3 is 1.71 bits per heavy atom. The van der Waals surface area contributed by atoms with Crippen LogP contribution in [-0.2, 0) is 14.3 Å². The second-order valence-electron chi connectivity index (χ2n) is 5.31. The Labute approximate surface area is 129 Å². The third kappa shape index (κ3) is 8.05. The molecule has 2 amide bonds. The predicted octanol–water partition coefficient (Wildman–Crippen LogP) is 2.16. The molecule has 0 aromatic rings. The van der Waals surface area contributed by atoms with Gasteiger partial charge in [0, 0.05) is 39.0 Å². The van der Waals surface area contributed by atoms with E-state index in [2.05, 4.69) is 0 Å². The SMILES string of the molecule is CC.CC(=O)N1CCCC1.CC(C)C(=O)N1CCOCC1. The van der Waals surface area contributed by atoms with Crippen LogP contribution in [0.15, 0.2) is 0 Å². The van der Waals surface area contributed by atoms with Gasteiger partial charge >= 0.3 is 0 Å². The van der Waals surface area contributed by atoms with Crippen LogP contribution in [0, 0.1) is 5.92 Å². The minimum absolute atomic E-state index is 0.119. The van der Waals surface area contributed by atoms with Crippen molar-refractivity contribution in [1.82, 2.24) is 9.80 Å². The quantitative estimate of drug-likeness (QED) is 0.745. The highest BCUT2D eigenvalue weighted by Gasteiger charge is 2.18. The van der Waals surface area contributed by atoms with Gasteiger partial charge in [0.15, 0.2) is 0 Å². The first-order valence-electron chi connectivity index (χ1n) is 8.14. The van der Waals surface area contributed by atoms with Crippen LogP contribution in [0.5, 0.6) is 0 Å². The highest BCUT2D eigenvalue weighted by Crippen LogP contribution is 2.06. The van der Waals surface area contributed by atoms with Crippen molar-refractivity contribution in [3.63, 3.8) is 0 Å². The van der Waals surface area contributed by atoms with Gasteiger partial charge in [-0.25, -0.2) is 0 Å². The summed E-state index contributed by atoms with van der Waals surface area (Å²) in [4.78, 5) is 25.7. The summed E-state index contributed by atoms with van der Waals surface area (Å²) in [5.41, 5.74) is 0. The standard InChI is InChI=1S/C8H15NO2.C6H11NO.C2H6/c1-7(2)8(10)9-3-5-11-6-4-9;1-6(8)7-4-2-3-5-7;1-2/h7H,3-6H2,1-2H3;2-5H2,1H3;1-2H3. The average Bonchev–Trinajstić information content (AvgIpc) is 3.04. The van der Waals surface area contributed by atoms with Crippen molar-refractivity contribution < 1.29 is 14.3 Å². The molecule has 2 fully saturated rings. The minimum atomic E-state index is 0.119. The fraction of sp³-hybridized carbons (Fsp3) is 0.875. The van der Waals surface area contributed by atoms with Crippen molar-refractivity contribution in [1.29, 1.82) is 0 Å². The van der Waals surface area contributed by atoms with E-state index in [-0.39, 0.29) is 17.7 Å². The molecule has 2 saturated heterocycles. The molecule has 0 atom stereocenters. The zero-order valence-corrected chi connectivity index (χ0v) is 14.4. The summed E-state index contributed by atoms with van der Waals surface area (Å²) in [7, 11) is 0. The molecule has 0 spiro atoms. The number of hydrogen-bond acceptors (Lipinski definition) is 3. The lowest BCUT2D eigenvalue weighted by Gasteiger charge is -2.28. The summed E-state index contributed by atoms with van der Waals surface area (Å²) < 4.78 is 5.14. The summed E-state index contributed by atoms with van der Waals surface area (Å²) in [6, 6.07) is 0. The number of hydrogen-bond donors (Lipinski definition) is 0. The van der Waals surface area contributed by atoms with E-state index in [1.165, 1.54) is 12.8 Å². The normalized spacial score (nSPS) is 17.6. The fourth-order valence-corrected chi connectivity index (χ4v) is 2.18. The maximum Gasteiger partial charge on any atom is 0.225 e. The molecule has 2 heterocycles. The molecule has 124 valence electrons. The molecule has 2 rings (SSSR count). The molecule has 2 aliphatic heterocycles. The molecule has 0 saturated carbocycles. The van der Waals surface area contributed by atoms with Gasteiger partial charge in [-0.1, -0.05) is 27.7 Å². The Hall–Kier alpha value is -1.10. The van der Waals surface area contributed by atoms with Crippen molar-refractivity contribution in [2.45, 2.75) is 47.5 Å². The Kier molecular flexibility index (Phi) is 10.9. The summed E-state index contributed by atoms with van der Waals surface area (Å²) in [5, 5.41) is 0. The lowest BCUT2D eigenvalue weighted by Crippen LogP contribution is -2.42. The first kappa shape index (κ1) is 19.9. The topological polar surface area (TPSA) is 49.9 Å². The molecule has 5 heteroatoms. The van der Waals surface area contributed by atoms with Crippen LogP contribution in [0.2, 0.25) is 0 Å². The second kappa shape index (κ2) is 11.5. The van der Waals surface area contributed by atoms with Crippen molar-refractivity contribution in [2.24, 2.45) is 5.92 Å². The van der Waals surface area contributed by atoms with Crippen LogP contribution < -0.4 is 0 Å². The molecule has 2 aliphatic rings. The van der Waals surface area contributed by atoms with Crippen molar-refractivity contribution in [3.8, 4) is 0 Å². The van der Waals surface area contributed by atoms with Gasteiger partial charge in [0.05, 0.1) is 13.2 Å². The summed E-state index contributed by atoms with van der Waals surface area (Å²) in [6.45, 7) is 14.4.